The number of rotatable bonds is 3. The lowest BCUT2D eigenvalue weighted by molar-refractivity contribution is 0.0943. The molecule has 0 aromatic heterocycles. The molecule has 0 spiro atoms. The summed E-state index contributed by atoms with van der Waals surface area (Å²) in [5.74, 6) is 0.343. The zero-order chi connectivity index (χ0) is 18.3. The molecule has 1 aliphatic carbocycles. The van der Waals surface area contributed by atoms with E-state index >= 15 is 0 Å². The van der Waals surface area contributed by atoms with Gasteiger partial charge in [0.15, 0.2) is 0 Å². The molecule has 2 aromatic rings. The Morgan fingerprint density at radius 2 is 1.96 bits per heavy atom. The van der Waals surface area contributed by atoms with Gasteiger partial charge in [0.1, 0.15) is 5.82 Å². The standard InChI is InChI=1S/C22H23FN2O/c1-13(2)24-22(26)19-8-4-7-18-16-5-3-6-17(16)20(25-21(18)19)14-9-11-15(23)12-10-14/h3-5,7-13,16-17,20,25H,6H2,1-2H3,(H,24,26). The Hall–Kier alpha value is -2.62. The van der Waals surface area contributed by atoms with Crippen molar-refractivity contribution in [1.29, 1.82) is 0 Å². The van der Waals surface area contributed by atoms with Crippen LogP contribution in [0.4, 0.5) is 10.1 Å². The van der Waals surface area contributed by atoms with Gasteiger partial charge in [-0.1, -0.05) is 36.4 Å². The van der Waals surface area contributed by atoms with Crippen LogP contribution in [0.3, 0.4) is 0 Å². The van der Waals surface area contributed by atoms with Crippen LogP contribution in [0.15, 0.2) is 54.6 Å². The first-order valence-electron chi connectivity index (χ1n) is 9.17. The van der Waals surface area contributed by atoms with Crippen molar-refractivity contribution in [3.05, 3.63) is 77.1 Å². The van der Waals surface area contributed by atoms with Crippen molar-refractivity contribution in [3.8, 4) is 0 Å². The highest BCUT2D eigenvalue weighted by Gasteiger charge is 2.39. The highest BCUT2D eigenvalue weighted by atomic mass is 19.1. The minimum Gasteiger partial charge on any atom is -0.377 e. The predicted molar refractivity (Wildman–Crippen MR) is 102 cm³/mol. The fourth-order valence-electron chi connectivity index (χ4n) is 4.15. The van der Waals surface area contributed by atoms with Crippen LogP contribution in [0.2, 0.25) is 0 Å². The monoisotopic (exact) mass is 350 g/mol. The molecule has 0 fully saturated rings. The number of fused-ring (bicyclic) bond motifs is 3. The number of hydrogen-bond acceptors (Lipinski definition) is 2. The van der Waals surface area contributed by atoms with Gasteiger partial charge in [0.05, 0.1) is 17.3 Å². The van der Waals surface area contributed by atoms with Gasteiger partial charge in [0, 0.05) is 12.0 Å². The lowest BCUT2D eigenvalue weighted by Crippen LogP contribution is -2.34. The summed E-state index contributed by atoms with van der Waals surface area (Å²) in [6, 6.07) is 12.7. The maximum absolute atomic E-state index is 13.4. The zero-order valence-corrected chi connectivity index (χ0v) is 15.0. The Morgan fingerprint density at radius 3 is 2.69 bits per heavy atom. The molecular formula is C22H23FN2O. The summed E-state index contributed by atoms with van der Waals surface area (Å²) in [6.07, 6.45) is 5.43. The zero-order valence-electron chi connectivity index (χ0n) is 15.0. The van der Waals surface area contributed by atoms with E-state index in [0.717, 1.165) is 17.7 Å². The quantitative estimate of drug-likeness (QED) is 0.782. The lowest BCUT2D eigenvalue weighted by atomic mass is 9.76. The fourth-order valence-corrected chi connectivity index (χ4v) is 4.15. The molecule has 134 valence electrons. The van der Waals surface area contributed by atoms with Gasteiger partial charge in [-0.15, -0.1) is 0 Å². The molecule has 1 heterocycles. The van der Waals surface area contributed by atoms with E-state index < -0.39 is 0 Å². The van der Waals surface area contributed by atoms with Crippen LogP contribution in [0, 0.1) is 11.7 Å². The number of nitrogens with one attached hydrogen (secondary N) is 2. The average Bonchev–Trinajstić information content (AvgIpc) is 3.10. The van der Waals surface area contributed by atoms with Crippen molar-refractivity contribution in [2.24, 2.45) is 5.92 Å². The first kappa shape index (κ1) is 16.8. The summed E-state index contributed by atoms with van der Waals surface area (Å²) >= 11 is 0. The van der Waals surface area contributed by atoms with Gasteiger partial charge in [-0.05, 0) is 55.5 Å². The SMILES string of the molecule is CC(C)NC(=O)c1cccc2c1NC(c1ccc(F)cc1)C1CC=CC21. The Labute approximate surface area is 153 Å². The second-order valence-corrected chi connectivity index (χ2v) is 7.43. The molecule has 4 heteroatoms. The molecule has 2 N–H and O–H groups in total. The van der Waals surface area contributed by atoms with Gasteiger partial charge < -0.3 is 10.6 Å². The summed E-state index contributed by atoms with van der Waals surface area (Å²) in [5.41, 5.74) is 3.78. The van der Waals surface area contributed by atoms with E-state index in [0.29, 0.717) is 11.5 Å². The molecule has 4 rings (SSSR count). The molecule has 0 bridgehead atoms. The van der Waals surface area contributed by atoms with Gasteiger partial charge in [-0.3, -0.25) is 4.79 Å². The molecule has 3 atom stereocenters. The first-order valence-corrected chi connectivity index (χ1v) is 9.17. The highest BCUT2D eigenvalue weighted by molar-refractivity contribution is 6.01. The van der Waals surface area contributed by atoms with Crippen molar-refractivity contribution in [3.63, 3.8) is 0 Å². The Balaban J connectivity index is 1.77. The van der Waals surface area contributed by atoms with E-state index in [4.69, 9.17) is 0 Å². The maximum atomic E-state index is 13.4. The molecule has 1 amide bonds. The number of anilines is 1. The minimum atomic E-state index is -0.233. The molecule has 0 saturated heterocycles. The second kappa shape index (κ2) is 6.60. The van der Waals surface area contributed by atoms with E-state index in [9.17, 15) is 9.18 Å². The number of para-hydroxylation sites is 1. The predicted octanol–water partition coefficient (Wildman–Crippen LogP) is 4.79. The maximum Gasteiger partial charge on any atom is 0.253 e. The van der Waals surface area contributed by atoms with Crippen LogP contribution in [-0.2, 0) is 0 Å². The van der Waals surface area contributed by atoms with E-state index in [-0.39, 0.29) is 29.7 Å². The third-order valence-corrected chi connectivity index (χ3v) is 5.29. The number of amides is 1. The van der Waals surface area contributed by atoms with Crippen molar-refractivity contribution >= 4 is 11.6 Å². The first-order chi connectivity index (χ1) is 12.5. The molecule has 26 heavy (non-hydrogen) atoms. The number of benzene rings is 2. The van der Waals surface area contributed by atoms with Crippen molar-refractivity contribution < 1.29 is 9.18 Å². The van der Waals surface area contributed by atoms with Crippen molar-refractivity contribution in [1.82, 2.24) is 5.32 Å². The smallest absolute Gasteiger partial charge is 0.253 e. The molecular weight excluding hydrogens is 327 g/mol. The number of carbonyl (C=O) groups excluding carboxylic acids is 1. The summed E-state index contributed by atoms with van der Waals surface area (Å²) < 4.78 is 13.4. The largest absolute Gasteiger partial charge is 0.377 e. The molecule has 0 radical (unpaired) electrons. The topological polar surface area (TPSA) is 41.1 Å². The summed E-state index contributed by atoms with van der Waals surface area (Å²) in [6.45, 7) is 3.91. The number of hydrogen-bond donors (Lipinski definition) is 2. The second-order valence-electron chi connectivity index (χ2n) is 7.43. The van der Waals surface area contributed by atoms with E-state index in [1.165, 1.54) is 17.7 Å². The van der Waals surface area contributed by atoms with Crippen molar-refractivity contribution in [2.45, 2.75) is 38.3 Å². The third kappa shape index (κ3) is 2.90. The van der Waals surface area contributed by atoms with Crippen LogP contribution in [0.25, 0.3) is 0 Å². The summed E-state index contributed by atoms with van der Waals surface area (Å²) in [5, 5.41) is 6.59. The number of halogens is 1. The molecule has 2 aliphatic rings. The Morgan fingerprint density at radius 1 is 1.19 bits per heavy atom. The molecule has 2 aromatic carbocycles. The van der Waals surface area contributed by atoms with Gasteiger partial charge in [-0.25, -0.2) is 4.39 Å². The van der Waals surface area contributed by atoms with Crippen LogP contribution < -0.4 is 10.6 Å². The van der Waals surface area contributed by atoms with Crippen LogP contribution in [0.5, 0.6) is 0 Å². The number of allylic oxidation sites excluding steroid dienone is 2. The van der Waals surface area contributed by atoms with Crippen molar-refractivity contribution in [2.75, 3.05) is 5.32 Å². The van der Waals surface area contributed by atoms with Crippen LogP contribution >= 0.6 is 0 Å². The fraction of sp³-hybridized carbons (Fsp3) is 0.318. The van der Waals surface area contributed by atoms with Crippen LogP contribution in [-0.4, -0.2) is 11.9 Å². The average molecular weight is 350 g/mol. The highest BCUT2D eigenvalue weighted by Crippen LogP contribution is 2.50. The van der Waals surface area contributed by atoms with Gasteiger partial charge in [-0.2, -0.15) is 0 Å². The van der Waals surface area contributed by atoms with Crippen LogP contribution in [0.1, 0.15) is 53.7 Å². The summed E-state index contributed by atoms with van der Waals surface area (Å²) in [7, 11) is 0. The van der Waals surface area contributed by atoms with E-state index in [2.05, 4.69) is 28.9 Å². The molecule has 1 aliphatic heterocycles. The molecule has 0 saturated carbocycles. The number of carbonyl (C=O) groups is 1. The third-order valence-electron chi connectivity index (χ3n) is 5.29. The van der Waals surface area contributed by atoms with Gasteiger partial charge >= 0.3 is 0 Å². The summed E-state index contributed by atoms with van der Waals surface area (Å²) in [4.78, 5) is 12.7. The normalized spacial score (nSPS) is 23.3. The van der Waals surface area contributed by atoms with Gasteiger partial charge in [0.2, 0.25) is 0 Å². The van der Waals surface area contributed by atoms with E-state index in [1.54, 1.807) is 0 Å². The Bertz CT molecular complexity index is 857. The minimum absolute atomic E-state index is 0.0519. The van der Waals surface area contributed by atoms with Gasteiger partial charge in [0.25, 0.3) is 5.91 Å². The molecule has 3 unspecified atom stereocenters. The van der Waals surface area contributed by atoms with E-state index in [1.807, 2.05) is 38.1 Å². The lowest BCUT2D eigenvalue weighted by Gasteiger charge is -2.38. The molecule has 3 nitrogen and oxygen atoms in total. The Kier molecular flexibility index (Phi) is 4.27.